The quantitative estimate of drug-likeness (QED) is 0.868. The summed E-state index contributed by atoms with van der Waals surface area (Å²) in [7, 11) is 0. The number of rotatable bonds is 5. The summed E-state index contributed by atoms with van der Waals surface area (Å²) in [5, 5.41) is 3.00. The Kier molecular flexibility index (Phi) is 6.64. The number of carbonyl (C=O) groups is 1. The van der Waals surface area contributed by atoms with Crippen LogP contribution in [0.5, 0.6) is 11.5 Å². The molecule has 1 saturated carbocycles. The molecule has 0 radical (unpaired) electrons. The van der Waals surface area contributed by atoms with Gasteiger partial charge in [0.1, 0.15) is 11.5 Å². The summed E-state index contributed by atoms with van der Waals surface area (Å²) >= 11 is 0. The van der Waals surface area contributed by atoms with Crippen molar-refractivity contribution in [2.75, 3.05) is 0 Å². The summed E-state index contributed by atoms with van der Waals surface area (Å²) in [5.74, 6) is 1.74. The molecule has 2 atom stereocenters. The summed E-state index contributed by atoms with van der Waals surface area (Å²) in [6, 6.07) is 17.6. The van der Waals surface area contributed by atoms with Gasteiger partial charge in [0.2, 0.25) is 5.91 Å². The fraction of sp³-hybridized carbons (Fsp3) is 0.316. The summed E-state index contributed by atoms with van der Waals surface area (Å²) in [6.45, 7) is 0.510. The molecule has 3 N–H and O–H groups in total. The van der Waals surface area contributed by atoms with Crippen LogP contribution in [0.4, 0.5) is 0 Å². The Morgan fingerprint density at radius 3 is 2.54 bits per heavy atom. The molecule has 2 aromatic carbocycles. The predicted octanol–water partition coefficient (Wildman–Crippen LogP) is 3.64. The second kappa shape index (κ2) is 8.71. The lowest BCUT2D eigenvalue weighted by Gasteiger charge is -2.12. The Bertz CT molecular complexity index is 663. The Hall–Kier alpha value is -2.04. The van der Waals surface area contributed by atoms with Crippen LogP contribution in [0, 0.1) is 5.92 Å². The summed E-state index contributed by atoms with van der Waals surface area (Å²) < 4.78 is 5.81. The van der Waals surface area contributed by atoms with Crippen molar-refractivity contribution in [3.05, 3.63) is 60.2 Å². The molecule has 0 bridgehead atoms. The van der Waals surface area contributed by atoms with Crippen LogP contribution in [-0.4, -0.2) is 11.9 Å². The second-order valence-corrected chi connectivity index (χ2v) is 6.05. The zero-order valence-electron chi connectivity index (χ0n) is 13.5. The first kappa shape index (κ1) is 18.3. The molecule has 1 amide bonds. The van der Waals surface area contributed by atoms with E-state index in [0.29, 0.717) is 6.54 Å². The third-order valence-electron chi connectivity index (χ3n) is 4.19. The van der Waals surface area contributed by atoms with Gasteiger partial charge in [-0.1, -0.05) is 30.3 Å². The topological polar surface area (TPSA) is 64.4 Å². The van der Waals surface area contributed by atoms with E-state index in [1.807, 2.05) is 54.6 Å². The first-order valence-corrected chi connectivity index (χ1v) is 8.06. The molecule has 128 valence electrons. The van der Waals surface area contributed by atoms with E-state index in [-0.39, 0.29) is 30.3 Å². The van der Waals surface area contributed by atoms with Gasteiger partial charge in [0, 0.05) is 18.5 Å². The SMILES string of the molecule is Cl.NC1CCC(C(=O)NCc2cccc(Oc3ccccc3)c2)C1. The van der Waals surface area contributed by atoms with Crippen LogP contribution in [0.15, 0.2) is 54.6 Å². The van der Waals surface area contributed by atoms with Crippen molar-refractivity contribution >= 4 is 18.3 Å². The number of carbonyl (C=O) groups excluding carboxylic acids is 1. The van der Waals surface area contributed by atoms with Gasteiger partial charge in [0.05, 0.1) is 0 Å². The fourth-order valence-corrected chi connectivity index (χ4v) is 2.93. The molecule has 2 aromatic rings. The summed E-state index contributed by atoms with van der Waals surface area (Å²) in [5.41, 5.74) is 6.89. The third kappa shape index (κ3) is 4.98. The van der Waals surface area contributed by atoms with Crippen molar-refractivity contribution < 1.29 is 9.53 Å². The van der Waals surface area contributed by atoms with Gasteiger partial charge in [-0.15, -0.1) is 12.4 Å². The van der Waals surface area contributed by atoms with Crippen molar-refractivity contribution in [2.24, 2.45) is 11.7 Å². The average molecular weight is 347 g/mol. The summed E-state index contributed by atoms with van der Waals surface area (Å²) in [4.78, 5) is 12.1. The van der Waals surface area contributed by atoms with Gasteiger partial charge in [-0.3, -0.25) is 4.79 Å². The van der Waals surface area contributed by atoms with Crippen molar-refractivity contribution in [3.63, 3.8) is 0 Å². The monoisotopic (exact) mass is 346 g/mol. The van der Waals surface area contributed by atoms with Crippen LogP contribution in [0.3, 0.4) is 0 Å². The van der Waals surface area contributed by atoms with Crippen LogP contribution in [0.1, 0.15) is 24.8 Å². The van der Waals surface area contributed by atoms with Crippen molar-refractivity contribution in [2.45, 2.75) is 31.8 Å². The lowest BCUT2D eigenvalue weighted by atomic mass is 10.1. The van der Waals surface area contributed by atoms with Crippen LogP contribution >= 0.6 is 12.4 Å². The molecule has 2 unspecified atom stereocenters. The van der Waals surface area contributed by atoms with E-state index in [1.165, 1.54) is 0 Å². The largest absolute Gasteiger partial charge is 0.457 e. The van der Waals surface area contributed by atoms with Gasteiger partial charge in [0.25, 0.3) is 0 Å². The normalized spacial score (nSPS) is 19.4. The van der Waals surface area contributed by atoms with Gasteiger partial charge >= 0.3 is 0 Å². The lowest BCUT2D eigenvalue weighted by Crippen LogP contribution is -2.29. The number of hydrogen-bond donors (Lipinski definition) is 2. The van der Waals surface area contributed by atoms with Crippen molar-refractivity contribution in [3.8, 4) is 11.5 Å². The molecule has 0 heterocycles. The fourth-order valence-electron chi connectivity index (χ4n) is 2.93. The van der Waals surface area contributed by atoms with Crippen LogP contribution < -0.4 is 15.8 Å². The van der Waals surface area contributed by atoms with Gasteiger partial charge in [0.15, 0.2) is 0 Å². The minimum Gasteiger partial charge on any atom is -0.457 e. The average Bonchev–Trinajstić information content (AvgIpc) is 3.01. The first-order chi connectivity index (χ1) is 11.2. The molecule has 0 aromatic heterocycles. The highest BCUT2D eigenvalue weighted by Gasteiger charge is 2.27. The first-order valence-electron chi connectivity index (χ1n) is 8.06. The molecule has 1 aliphatic rings. The van der Waals surface area contributed by atoms with Crippen LogP contribution in [0.2, 0.25) is 0 Å². The minimum atomic E-state index is 0. The number of para-hydroxylation sites is 1. The lowest BCUT2D eigenvalue weighted by molar-refractivity contribution is -0.125. The highest BCUT2D eigenvalue weighted by Crippen LogP contribution is 2.25. The molecule has 3 rings (SSSR count). The highest BCUT2D eigenvalue weighted by molar-refractivity contribution is 5.85. The molecule has 5 heteroatoms. The van der Waals surface area contributed by atoms with Crippen LogP contribution in [0.25, 0.3) is 0 Å². The Balaban J connectivity index is 0.00000208. The van der Waals surface area contributed by atoms with E-state index in [4.69, 9.17) is 10.5 Å². The zero-order chi connectivity index (χ0) is 16.1. The maximum atomic E-state index is 12.1. The van der Waals surface area contributed by atoms with E-state index in [9.17, 15) is 4.79 Å². The number of hydrogen-bond acceptors (Lipinski definition) is 3. The smallest absolute Gasteiger partial charge is 0.223 e. The van der Waals surface area contributed by atoms with E-state index in [1.54, 1.807) is 0 Å². The molecule has 0 spiro atoms. The standard InChI is InChI=1S/C19H22N2O2.ClH/c20-16-10-9-15(12-16)19(22)21-13-14-5-4-8-18(11-14)23-17-6-2-1-3-7-17;/h1-8,11,15-16H,9-10,12-13,20H2,(H,21,22);1H. The maximum absolute atomic E-state index is 12.1. The minimum absolute atomic E-state index is 0. The number of amides is 1. The third-order valence-corrected chi connectivity index (χ3v) is 4.19. The Labute approximate surface area is 148 Å². The number of nitrogens with two attached hydrogens (primary N) is 1. The number of nitrogens with one attached hydrogen (secondary N) is 1. The predicted molar refractivity (Wildman–Crippen MR) is 97.4 cm³/mol. The second-order valence-electron chi connectivity index (χ2n) is 6.05. The van der Waals surface area contributed by atoms with Gasteiger partial charge < -0.3 is 15.8 Å². The van der Waals surface area contributed by atoms with E-state index in [2.05, 4.69) is 5.32 Å². The summed E-state index contributed by atoms with van der Waals surface area (Å²) in [6.07, 6.45) is 2.63. The molecule has 4 nitrogen and oxygen atoms in total. The van der Waals surface area contributed by atoms with Crippen molar-refractivity contribution in [1.82, 2.24) is 5.32 Å². The van der Waals surface area contributed by atoms with Gasteiger partial charge in [-0.2, -0.15) is 0 Å². The highest BCUT2D eigenvalue weighted by atomic mass is 35.5. The Morgan fingerprint density at radius 1 is 1.08 bits per heavy atom. The van der Waals surface area contributed by atoms with Crippen molar-refractivity contribution in [1.29, 1.82) is 0 Å². The Morgan fingerprint density at radius 2 is 1.83 bits per heavy atom. The number of halogens is 1. The number of benzene rings is 2. The molecule has 0 saturated heterocycles. The van der Waals surface area contributed by atoms with Crippen LogP contribution in [-0.2, 0) is 11.3 Å². The maximum Gasteiger partial charge on any atom is 0.223 e. The van der Waals surface area contributed by atoms with Gasteiger partial charge in [-0.25, -0.2) is 0 Å². The molecular formula is C19H23ClN2O2. The van der Waals surface area contributed by atoms with E-state index >= 15 is 0 Å². The van der Waals surface area contributed by atoms with Gasteiger partial charge in [-0.05, 0) is 49.1 Å². The molecule has 0 aliphatic heterocycles. The molecule has 1 aliphatic carbocycles. The molecular weight excluding hydrogens is 324 g/mol. The number of ether oxygens (including phenoxy) is 1. The molecule has 1 fully saturated rings. The zero-order valence-corrected chi connectivity index (χ0v) is 14.3. The van der Waals surface area contributed by atoms with E-state index < -0.39 is 0 Å². The molecule has 24 heavy (non-hydrogen) atoms. The van der Waals surface area contributed by atoms with E-state index in [0.717, 1.165) is 36.3 Å².